The molecule has 0 unspecified atom stereocenters. The van der Waals surface area contributed by atoms with Gasteiger partial charge in [0, 0.05) is 26.7 Å². The number of hydrogen-bond donors (Lipinski definition) is 1. The van der Waals surface area contributed by atoms with Gasteiger partial charge in [0.15, 0.2) is 11.6 Å². The fourth-order valence-corrected chi connectivity index (χ4v) is 4.87. The summed E-state index contributed by atoms with van der Waals surface area (Å²) in [5, 5.41) is 1.03. The lowest BCUT2D eigenvalue weighted by Gasteiger charge is -2.31. The van der Waals surface area contributed by atoms with Crippen LogP contribution in [0.25, 0.3) is 11.4 Å². The summed E-state index contributed by atoms with van der Waals surface area (Å²) >= 11 is 0. The molecule has 0 aliphatic heterocycles. The molecule has 0 bridgehead atoms. The molecule has 1 aromatic heterocycles. The van der Waals surface area contributed by atoms with Crippen molar-refractivity contribution in [2.45, 2.75) is 31.5 Å². The number of amides is 1. The van der Waals surface area contributed by atoms with E-state index in [1.165, 1.54) is 28.3 Å². The first kappa shape index (κ1) is 25.1. The van der Waals surface area contributed by atoms with E-state index in [0.29, 0.717) is 17.0 Å². The number of hydroxylamine groups is 2. The Morgan fingerprint density at radius 3 is 2.52 bits per heavy atom. The predicted octanol–water partition coefficient (Wildman–Crippen LogP) is 1.73. The van der Waals surface area contributed by atoms with Crippen LogP contribution < -0.4 is 4.72 Å². The zero-order valence-corrected chi connectivity index (χ0v) is 19.6. The lowest BCUT2D eigenvalue weighted by molar-refractivity contribution is -0.180. The standard InChI is InChI=1S/C21H27F2N5O4S/c1-27(2)33(30,31)26-18-11-21(10-17(18)23,20(29)28(3)32-4)9-14-6-5-7-15(8-14)19-24-12-16(22)13-25-19/h5-8,12-13,17-18,26H,9-11H2,1-4H3/t17-,18+,21-/m0/s1. The van der Waals surface area contributed by atoms with Crippen LogP contribution in [-0.4, -0.2) is 74.1 Å². The summed E-state index contributed by atoms with van der Waals surface area (Å²) in [6.45, 7) is 0. The molecular formula is C21H27F2N5O4S. The molecule has 1 aliphatic rings. The summed E-state index contributed by atoms with van der Waals surface area (Å²) in [6.07, 6.45) is 0.439. The van der Waals surface area contributed by atoms with Gasteiger partial charge in [-0.15, -0.1) is 0 Å². The second kappa shape index (κ2) is 9.75. The molecule has 3 atom stereocenters. The first-order valence-corrected chi connectivity index (χ1v) is 11.6. The van der Waals surface area contributed by atoms with Crippen molar-refractivity contribution in [1.82, 2.24) is 24.1 Å². The molecule has 1 saturated carbocycles. The third-order valence-corrected chi connectivity index (χ3v) is 7.34. The molecule has 1 aromatic carbocycles. The molecule has 9 nitrogen and oxygen atoms in total. The van der Waals surface area contributed by atoms with Crippen molar-refractivity contribution in [1.29, 1.82) is 0 Å². The van der Waals surface area contributed by atoms with E-state index in [0.717, 1.165) is 21.8 Å². The molecule has 1 fully saturated rings. The molecule has 0 saturated heterocycles. The van der Waals surface area contributed by atoms with Crippen molar-refractivity contribution in [3.8, 4) is 11.4 Å². The van der Waals surface area contributed by atoms with E-state index >= 15 is 4.39 Å². The molecule has 3 rings (SSSR count). The predicted molar refractivity (Wildman–Crippen MR) is 117 cm³/mol. The maximum atomic E-state index is 15.1. The fourth-order valence-electron chi connectivity index (χ4n) is 4.04. The molecule has 180 valence electrons. The van der Waals surface area contributed by atoms with Crippen molar-refractivity contribution in [2.24, 2.45) is 5.41 Å². The minimum atomic E-state index is -3.90. The van der Waals surface area contributed by atoms with Gasteiger partial charge in [-0.25, -0.2) is 23.8 Å². The monoisotopic (exact) mass is 483 g/mol. The number of nitrogens with one attached hydrogen (secondary N) is 1. The smallest absolute Gasteiger partial charge is 0.275 e. The minimum Gasteiger partial charge on any atom is -0.275 e. The molecule has 2 aromatic rings. The summed E-state index contributed by atoms with van der Waals surface area (Å²) in [7, 11) is 1.53. The number of benzene rings is 1. The minimum absolute atomic E-state index is 0.0505. The molecule has 33 heavy (non-hydrogen) atoms. The fraction of sp³-hybridized carbons (Fsp3) is 0.476. The zero-order valence-electron chi connectivity index (χ0n) is 18.8. The number of carbonyl (C=O) groups is 1. The van der Waals surface area contributed by atoms with Crippen molar-refractivity contribution in [3.63, 3.8) is 0 Å². The Labute approximate surface area is 191 Å². The number of hydrogen-bond acceptors (Lipinski definition) is 6. The third-order valence-electron chi connectivity index (χ3n) is 5.78. The quantitative estimate of drug-likeness (QED) is 0.574. The summed E-state index contributed by atoms with van der Waals surface area (Å²) in [4.78, 5) is 26.3. The highest BCUT2D eigenvalue weighted by molar-refractivity contribution is 7.87. The third kappa shape index (κ3) is 5.52. The van der Waals surface area contributed by atoms with Crippen LogP contribution in [0.2, 0.25) is 0 Å². The maximum Gasteiger partial charge on any atom is 0.279 e. The van der Waals surface area contributed by atoms with E-state index in [1.807, 2.05) is 0 Å². The van der Waals surface area contributed by atoms with Gasteiger partial charge in [0.05, 0.1) is 31.0 Å². The van der Waals surface area contributed by atoms with Crippen LogP contribution in [-0.2, 0) is 26.3 Å². The molecule has 0 radical (unpaired) electrons. The highest BCUT2D eigenvalue weighted by atomic mass is 32.2. The molecule has 0 spiro atoms. The number of rotatable bonds is 8. The number of carbonyl (C=O) groups excluding carboxylic acids is 1. The highest BCUT2D eigenvalue weighted by Gasteiger charge is 2.53. The lowest BCUT2D eigenvalue weighted by atomic mass is 9.78. The molecule has 1 heterocycles. The second-order valence-corrected chi connectivity index (χ2v) is 10.2. The maximum absolute atomic E-state index is 15.1. The zero-order chi connectivity index (χ0) is 24.4. The Bertz CT molecular complexity index is 1100. The number of aromatic nitrogens is 2. The Morgan fingerprint density at radius 1 is 1.24 bits per heavy atom. The molecule has 1 amide bonds. The van der Waals surface area contributed by atoms with E-state index in [9.17, 15) is 17.6 Å². The normalized spacial score (nSPS) is 23.1. The van der Waals surface area contributed by atoms with E-state index in [2.05, 4.69) is 14.7 Å². The molecule has 1 aliphatic carbocycles. The SMILES string of the molecule is CON(C)C(=O)[C@@]1(Cc2cccc(-c3ncc(F)cn3)c2)C[C@H](F)[C@H](NS(=O)(=O)N(C)C)C1. The van der Waals surface area contributed by atoms with Crippen molar-refractivity contribution < 1.29 is 26.8 Å². The number of alkyl halides is 1. The van der Waals surface area contributed by atoms with Gasteiger partial charge < -0.3 is 0 Å². The van der Waals surface area contributed by atoms with Crippen LogP contribution in [0.4, 0.5) is 8.78 Å². The van der Waals surface area contributed by atoms with E-state index in [-0.39, 0.29) is 19.3 Å². The van der Waals surface area contributed by atoms with Gasteiger partial charge in [-0.1, -0.05) is 18.2 Å². The average molecular weight is 484 g/mol. The topological polar surface area (TPSA) is 105 Å². The van der Waals surface area contributed by atoms with Crippen LogP contribution in [0.15, 0.2) is 36.7 Å². The Hall–Kier alpha value is -2.54. The van der Waals surface area contributed by atoms with Gasteiger partial charge >= 0.3 is 0 Å². The molecule has 1 N–H and O–H groups in total. The molecule has 12 heteroatoms. The largest absolute Gasteiger partial charge is 0.279 e. The van der Waals surface area contributed by atoms with Gasteiger partial charge in [0.1, 0.15) is 6.17 Å². The van der Waals surface area contributed by atoms with Gasteiger partial charge in [-0.2, -0.15) is 17.4 Å². The lowest BCUT2D eigenvalue weighted by Crippen LogP contribution is -2.46. The Kier molecular flexibility index (Phi) is 7.42. The van der Waals surface area contributed by atoms with Crippen molar-refractivity contribution in [2.75, 3.05) is 28.3 Å². The first-order valence-electron chi connectivity index (χ1n) is 10.2. The van der Waals surface area contributed by atoms with E-state index in [1.54, 1.807) is 24.3 Å². The van der Waals surface area contributed by atoms with Gasteiger partial charge in [0.2, 0.25) is 0 Å². The first-order chi connectivity index (χ1) is 15.5. The van der Waals surface area contributed by atoms with Gasteiger partial charge in [-0.3, -0.25) is 9.63 Å². The number of nitrogens with zero attached hydrogens (tertiary/aromatic N) is 4. The Balaban J connectivity index is 1.93. The van der Waals surface area contributed by atoms with Crippen molar-refractivity contribution >= 4 is 16.1 Å². The average Bonchev–Trinajstić information content (AvgIpc) is 3.08. The summed E-state index contributed by atoms with van der Waals surface area (Å²) in [5.74, 6) is -0.713. The van der Waals surface area contributed by atoms with E-state index in [4.69, 9.17) is 4.84 Å². The van der Waals surface area contributed by atoms with Crippen LogP contribution in [0.1, 0.15) is 18.4 Å². The van der Waals surface area contributed by atoms with Crippen LogP contribution in [0.3, 0.4) is 0 Å². The van der Waals surface area contributed by atoms with E-state index < -0.39 is 39.6 Å². The summed E-state index contributed by atoms with van der Waals surface area (Å²) in [6, 6.07) is 5.94. The Morgan fingerprint density at radius 2 is 1.91 bits per heavy atom. The van der Waals surface area contributed by atoms with Crippen molar-refractivity contribution in [3.05, 3.63) is 48.0 Å². The van der Waals surface area contributed by atoms with Gasteiger partial charge in [0.25, 0.3) is 16.1 Å². The molecular weight excluding hydrogens is 456 g/mol. The summed E-state index contributed by atoms with van der Waals surface area (Å²) in [5.41, 5.74) is 0.0582. The summed E-state index contributed by atoms with van der Waals surface area (Å²) < 4.78 is 56.1. The second-order valence-electron chi connectivity index (χ2n) is 8.30. The van der Waals surface area contributed by atoms with Crippen LogP contribution >= 0.6 is 0 Å². The van der Waals surface area contributed by atoms with Gasteiger partial charge in [-0.05, 0) is 30.9 Å². The van der Waals surface area contributed by atoms with Crippen LogP contribution in [0, 0.1) is 11.2 Å². The van der Waals surface area contributed by atoms with Crippen LogP contribution in [0.5, 0.6) is 0 Å². The number of halogens is 2. The highest BCUT2D eigenvalue weighted by Crippen LogP contribution is 2.44.